The van der Waals surface area contributed by atoms with Gasteiger partial charge in [0.25, 0.3) is 0 Å². The zero-order valence-electron chi connectivity index (χ0n) is 30.9. The van der Waals surface area contributed by atoms with Gasteiger partial charge in [-0.25, -0.2) is 4.57 Å². The number of hydrogen-bond donors (Lipinski definition) is 3. The summed E-state index contributed by atoms with van der Waals surface area (Å²) >= 11 is 0. The maximum atomic E-state index is 12.3. The average molecular weight is 713 g/mol. The molecule has 0 fully saturated rings. The van der Waals surface area contributed by atoms with Crippen molar-refractivity contribution in [2.45, 2.75) is 168 Å². The summed E-state index contributed by atoms with van der Waals surface area (Å²) in [4.78, 5) is 42.7. The molecular weight excluding hydrogens is 643 g/mol. The number of aliphatic hydroxyl groups is 1. The van der Waals surface area contributed by atoms with Crippen LogP contribution in [0.15, 0.2) is 48.6 Å². The van der Waals surface area contributed by atoms with E-state index in [0.29, 0.717) is 19.3 Å². The molecule has 0 aromatic rings. The summed E-state index contributed by atoms with van der Waals surface area (Å²) < 4.78 is 26.2. The van der Waals surface area contributed by atoms with Crippen LogP contribution in [0.5, 0.6) is 0 Å². The van der Waals surface area contributed by atoms with Crippen molar-refractivity contribution in [2.75, 3.05) is 13.2 Å². The van der Waals surface area contributed by atoms with Crippen LogP contribution in [0.2, 0.25) is 0 Å². The number of aliphatic hydroxyl groups excluding tert-OH is 1. The summed E-state index contributed by atoms with van der Waals surface area (Å²) in [6.45, 7) is 5.48. The molecule has 0 bridgehead atoms. The number of rotatable bonds is 33. The number of carbonyl (C=O) groups is 2. The molecule has 0 radical (unpaired) electrons. The van der Waals surface area contributed by atoms with Gasteiger partial charge < -0.3 is 24.4 Å². The summed E-state index contributed by atoms with van der Waals surface area (Å²) in [6, 6.07) is 0. The van der Waals surface area contributed by atoms with Crippen molar-refractivity contribution >= 4 is 19.8 Å². The van der Waals surface area contributed by atoms with E-state index in [-0.39, 0.29) is 25.6 Å². The van der Waals surface area contributed by atoms with Crippen LogP contribution in [-0.2, 0) is 28.2 Å². The first-order valence-corrected chi connectivity index (χ1v) is 20.4. The molecular formula is C39H69O9P. The molecule has 0 rings (SSSR count). The molecule has 2 atom stereocenters. The van der Waals surface area contributed by atoms with Crippen molar-refractivity contribution in [1.82, 2.24) is 0 Å². The van der Waals surface area contributed by atoms with E-state index >= 15 is 0 Å². The van der Waals surface area contributed by atoms with Crippen LogP contribution in [0.3, 0.4) is 0 Å². The first-order chi connectivity index (χ1) is 23.5. The molecule has 0 aromatic carbocycles. The molecule has 0 unspecified atom stereocenters. The Balaban J connectivity index is 4.09. The highest BCUT2D eigenvalue weighted by atomic mass is 31.2. The molecule has 0 amide bonds. The standard InChI is InChI=1S/C39H69O9P/c1-35(2)29-25-21-17-13-11-12-15-19-23-27-31-38(41)46-33-37(34-47-49(43,44)45)48-39(42)32-28-24-20-16-10-8-6-4-5-7-9-14-18-22-26-30-36(3)40/h5-8,14,16,18,20,35-37,40H,4,9-13,15,17,19,21-34H2,1-3H3,(H2,43,44,45)/b7-5-,8-6-,18-14-,20-16-/t36-,37+/m0/s1. The van der Waals surface area contributed by atoms with Crippen molar-refractivity contribution in [1.29, 1.82) is 0 Å². The minimum Gasteiger partial charge on any atom is -0.462 e. The lowest BCUT2D eigenvalue weighted by Crippen LogP contribution is -2.29. The van der Waals surface area contributed by atoms with Gasteiger partial charge in [0.05, 0.1) is 12.7 Å². The zero-order chi connectivity index (χ0) is 36.4. The zero-order valence-corrected chi connectivity index (χ0v) is 31.7. The number of esters is 2. The number of allylic oxidation sites excluding steroid dienone is 8. The fraction of sp³-hybridized carbons (Fsp3) is 0.744. The van der Waals surface area contributed by atoms with Crippen LogP contribution in [0, 0.1) is 5.92 Å². The summed E-state index contributed by atoms with van der Waals surface area (Å²) in [7, 11) is -4.77. The maximum Gasteiger partial charge on any atom is 0.469 e. The normalized spacial score (nSPS) is 13.8. The predicted molar refractivity (Wildman–Crippen MR) is 199 cm³/mol. The number of carbonyl (C=O) groups excluding carboxylic acids is 2. The third kappa shape index (κ3) is 38.6. The van der Waals surface area contributed by atoms with Crippen LogP contribution < -0.4 is 0 Å². The highest BCUT2D eigenvalue weighted by Gasteiger charge is 2.22. The van der Waals surface area contributed by atoms with Gasteiger partial charge in [-0.1, -0.05) is 127 Å². The number of phosphoric acid groups is 1. The van der Waals surface area contributed by atoms with Crippen molar-refractivity contribution in [2.24, 2.45) is 5.92 Å². The highest BCUT2D eigenvalue weighted by Crippen LogP contribution is 2.36. The second kappa shape index (κ2) is 33.1. The summed E-state index contributed by atoms with van der Waals surface area (Å²) in [5.74, 6) is -0.176. The molecule has 0 aliphatic carbocycles. The second-order valence-corrected chi connectivity index (χ2v) is 14.6. The van der Waals surface area contributed by atoms with E-state index in [1.165, 1.54) is 44.9 Å². The molecule has 0 saturated carbocycles. The number of hydrogen-bond acceptors (Lipinski definition) is 7. The van der Waals surface area contributed by atoms with Gasteiger partial charge in [0.2, 0.25) is 0 Å². The molecule has 10 heteroatoms. The van der Waals surface area contributed by atoms with E-state index in [2.05, 4.69) is 54.8 Å². The molecule has 0 aliphatic rings. The Kier molecular flexibility index (Phi) is 31.8. The Morgan fingerprint density at radius 2 is 1.06 bits per heavy atom. The van der Waals surface area contributed by atoms with Crippen LogP contribution in [0.1, 0.15) is 156 Å². The predicted octanol–water partition coefficient (Wildman–Crippen LogP) is 10.0. The summed E-state index contributed by atoms with van der Waals surface area (Å²) in [6.07, 6.45) is 35.5. The van der Waals surface area contributed by atoms with Gasteiger partial charge in [0.1, 0.15) is 6.61 Å². The third-order valence-corrected chi connectivity index (χ3v) is 8.28. The molecule has 0 aromatic heterocycles. The van der Waals surface area contributed by atoms with E-state index < -0.39 is 32.5 Å². The number of ether oxygens (including phenoxy) is 2. The van der Waals surface area contributed by atoms with Gasteiger partial charge in [-0.05, 0) is 70.6 Å². The molecule has 284 valence electrons. The summed E-state index contributed by atoms with van der Waals surface area (Å²) in [5, 5.41) is 9.24. The van der Waals surface area contributed by atoms with Crippen LogP contribution >= 0.6 is 7.82 Å². The molecule has 0 heterocycles. The van der Waals surface area contributed by atoms with Gasteiger partial charge in [-0.2, -0.15) is 0 Å². The van der Waals surface area contributed by atoms with E-state index in [0.717, 1.165) is 63.7 Å². The van der Waals surface area contributed by atoms with Crippen LogP contribution in [0.4, 0.5) is 0 Å². The second-order valence-electron chi connectivity index (χ2n) is 13.3. The SMILES string of the molecule is CC(C)CCCCCCCCCCCCC(=O)OC[C@H](COP(=O)(O)O)OC(=O)CCC/C=C\C/C=C\C/C=C\C/C=C\CCC[C@H](C)O. The first kappa shape index (κ1) is 47.0. The molecule has 0 saturated heterocycles. The first-order valence-electron chi connectivity index (χ1n) is 18.8. The highest BCUT2D eigenvalue weighted by molar-refractivity contribution is 7.46. The van der Waals surface area contributed by atoms with Gasteiger partial charge in [-0.3, -0.25) is 14.1 Å². The average Bonchev–Trinajstić information content (AvgIpc) is 3.03. The van der Waals surface area contributed by atoms with E-state index in [1.54, 1.807) is 0 Å². The van der Waals surface area contributed by atoms with Crippen molar-refractivity contribution in [3.05, 3.63) is 48.6 Å². The fourth-order valence-electron chi connectivity index (χ4n) is 4.98. The smallest absolute Gasteiger partial charge is 0.462 e. The van der Waals surface area contributed by atoms with Crippen LogP contribution in [0.25, 0.3) is 0 Å². The van der Waals surface area contributed by atoms with Gasteiger partial charge in [-0.15, -0.1) is 0 Å². The lowest BCUT2D eigenvalue weighted by Gasteiger charge is -2.18. The van der Waals surface area contributed by atoms with Crippen molar-refractivity contribution < 1.29 is 43.0 Å². The number of unbranched alkanes of at least 4 members (excludes halogenated alkanes) is 11. The fourth-order valence-corrected chi connectivity index (χ4v) is 5.34. The quantitative estimate of drug-likeness (QED) is 0.0262. The minimum absolute atomic E-state index is 0.123. The molecule has 0 aliphatic heterocycles. The van der Waals surface area contributed by atoms with Crippen molar-refractivity contribution in [3.8, 4) is 0 Å². The van der Waals surface area contributed by atoms with E-state index in [1.807, 2.05) is 19.1 Å². The summed E-state index contributed by atoms with van der Waals surface area (Å²) in [5.41, 5.74) is 0. The Morgan fingerprint density at radius 1 is 0.592 bits per heavy atom. The monoisotopic (exact) mass is 712 g/mol. The lowest BCUT2D eigenvalue weighted by molar-refractivity contribution is -0.161. The van der Waals surface area contributed by atoms with Crippen molar-refractivity contribution in [3.63, 3.8) is 0 Å². The Morgan fingerprint density at radius 3 is 1.57 bits per heavy atom. The maximum absolute atomic E-state index is 12.3. The Labute approximate surface area is 297 Å². The molecule has 49 heavy (non-hydrogen) atoms. The number of phosphoric ester groups is 1. The van der Waals surface area contributed by atoms with E-state index in [9.17, 15) is 19.3 Å². The Hall–Kier alpha value is -2.03. The molecule has 3 N–H and O–H groups in total. The largest absolute Gasteiger partial charge is 0.469 e. The van der Waals surface area contributed by atoms with Crippen LogP contribution in [-0.4, -0.2) is 52.3 Å². The molecule has 9 nitrogen and oxygen atoms in total. The van der Waals surface area contributed by atoms with E-state index in [4.69, 9.17) is 19.3 Å². The van der Waals surface area contributed by atoms with Gasteiger partial charge in [0, 0.05) is 12.8 Å². The van der Waals surface area contributed by atoms with Gasteiger partial charge in [0.15, 0.2) is 6.10 Å². The minimum atomic E-state index is -4.77. The third-order valence-electron chi connectivity index (χ3n) is 7.80. The van der Waals surface area contributed by atoms with Gasteiger partial charge >= 0.3 is 19.8 Å². The lowest BCUT2D eigenvalue weighted by atomic mass is 10.0. The Bertz CT molecular complexity index is 966. The molecule has 0 spiro atoms. The topological polar surface area (TPSA) is 140 Å².